The third-order valence-electron chi connectivity index (χ3n) is 2.74. The molecule has 1 unspecified atom stereocenters. The molecule has 0 bridgehead atoms. The Balaban J connectivity index is 2.37. The van der Waals surface area contributed by atoms with Crippen LogP contribution in [0.3, 0.4) is 0 Å². The SMILES string of the molecule is CCc1ccc(CCC(C)CNC)nc1. The van der Waals surface area contributed by atoms with Crippen LogP contribution in [-0.2, 0) is 12.8 Å². The number of aromatic nitrogens is 1. The van der Waals surface area contributed by atoms with E-state index in [1.54, 1.807) is 0 Å². The number of aryl methyl sites for hydroxylation is 2. The summed E-state index contributed by atoms with van der Waals surface area (Å²) in [6.45, 7) is 5.52. The Hall–Kier alpha value is -0.890. The zero-order valence-electron chi connectivity index (χ0n) is 10.1. The standard InChI is InChI=1S/C13H22N2/c1-4-12-6-8-13(15-10-12)7-5-11(2)9-14-3/h6,8,10-11,14H,4-5,7,9H2,1-3H3. The maximum absolute atomic E-state index is 4.46. The summed E-state index contributed by atoms with van der Waals surface area (Å²) in [5.41, 5.74) is 2.54. The lowest BCUT2D eigenvalue weighted by Gasteiger charge is -2.09. The second-order valence-electron chi connectivity index (χ2n) is 4.21. The number of hydrogen-bond acceptors (Lipinski definition) is 2. The van der Waals surface area contributed by atoms with Crippen molar-refractivity contribution in [3.05, 3.63) is 29.6 Å². The zero-order chi connectivity index (χ0) is 11.1. The van der Waals surface area contributed by atoms with E-state index in [4.69, 9.17) is 0 Å². The molecule has 0 saturated carbocycles. The van der Waals surface area contributed by atoms with Crippen LogP contribution in [0, 0.1) is 5.92 Å². The van der Waals surface area contributed by atoms with Crippen LogP contribution in [-0.4, -0.2) is 18.6 Å². The lowest BCUT2D eigenvalue weighted by Crippen LogP contribution is -2.16. The average Bonchev–Trinajstić information content (AvgIpc) is 2.27. The Kier molecular flexibility index (Phi) is 5.33. The highest BCUT2D eigenvalue weighted by molar-refractivity contribution is 5.13. The van der Waals surface area contributed by atoms with E-state index in [0.717, 1.165) is 25.3 Å². The molecular formula is C13H22N2. The number of hydrogen-bond donors (Lipinski definition) is 1. The maximum Gasteiger partial charge on any atom is 0.0403 e. The fraction of sp³-hybridized carbons (Fsp3) is 0.615. The molecule has 0 aromatic carbocycles. The van der Waals surface area contributed by atoms with E-state index in [1.807, 2.05) is 13.2 Å². The first-order chi connectivity index (χ1) is 7.26. The van der Waals surface area contributed by atoms with Gasteiger partial charge < -0.3 is 5.32 Å². The van der Waals surface area contributed by atoms with Gasteiger partial charge in [-0.25, -0.2) is 0 Å². The van der Waals surface area contributed by atoms with Crippen molar-refractivity contribution in [3.63, 3.8) is 0 Å². The highest BCUT2D eigenvalue weighted by atomic mass is 14.8. The van der Waals surface area contributed by atoms with Crippen LogP contribution < -0.4 is 5.32 Å². The van der Waals surface area contributed by atoms with Crippen LogP contribution in [0.15, 0.2) is 18.3 Å². The number of nitrogens with zero attached hydrogens (tertiary/aromatic N) is 1. The first kappa shape index (κ1) is 12.2. The van der Waals surface area contributed by atoms with Crippen molar-refractivity contribution in [2.24, 2.45) is 5.92 Å². The van der Waals surface area contributed by atoms with Crippen LogP contribution in [0.2, 0.25) is 0 Å². The van der Waals surface area contributed by atoms with Crippen LogP contribution >= 0.6 is 0 Å². The van der Waals surface area contributed by atoms with Gasteiger partial charge in [0.15, 0.2) is 0 Å². The lowest BCUT2D eigenvalue weighted by atomic mass is 10.0. The molecule has 1 heterocycles. The smallest absolute Gasteiger partial charge is 0.0403 e. The molecule has 1 atom stereocenters. The molecular weight excluding hydrogens is 184 g/mol. The first-order valence-corrected chi connectivity index (χ1v) is 5.84. The third kappa shape index (κ3) is 4.43. The van der Waals surface area contributed by atoms with Crippen LogP contribution in [0.1, 0.15) is 31.5 Å². The summed E-state index contributed by atoms with van der Waals surface area (Å²) < 4.78 is 0. The van der Waals surface area contributed by atoms with E-state index in [1.165, 1.54) is 17.7 Å². The van der Waals surface area contributed by atoms with E-state index in [9.17, 15) is 0 Å². The molecule has 1 aromatic rings. The second-order valence-corrected chi connectivity index (χ2v) is 4.21. The lowest BCUT2D eigenvalue weighted by molar-refractivity contribution is 0.502. The summed E-state index contributed by atoms with van der Waals surface area (Å²) in [4.78, 5) is 4.46. The Labute approximate surface area is 93.1 Å². The Morgan fingerprint density at radius 3 is 2.73 bits per heavy atom. The summed E-state index contributed by atoms with van der Waals surface area (Å²) in [6, 6.07) is 4.34. The Morgan fingerprint density at radius 2 is 2.20 bits per heavy atom. The minimum absolute atomic E-state index is 0.725. The summed E-state index contributed by atoms with van der Waals surface area (Å²) in [5.74, 6) is 0.725. The molecule has 2 nitrogen and oxygen atoms in total. The van der Waals surface area contributed by atoms with Gasteiger partial charge >= 0.3 is 0 Å². The van der Waals surface area contributed by atoms with E-state index in [0.29, 0.717) is 0 Å². The van der Waals surface area contributed by atoms with Gasteiger partial charge in [-0.15, -0.1) is 0 Å². The van der Waals surface area contributed by atoms with Gasteiger partial charge in [0, 0.05) is 11.9 Å². The number of nitrogens with one attached hydrogen (secondary N) is 1. The maximum atomic E-state index is 4.46. The van der Waals surface area contributed by atoms with Crippen molar-refractivity contribution < 1.29 is 0 Å². The quantitative estimate of drug-likeness (QED) is 0.773. The predicted octanol–water partition coefficient (Wildman–Crippen LogP) is 2.43. The predicted molar refractivity (Wildman–Crippen MR) is 65.0 cm³/mol. The van der Waals surface area contributed by atoms with Gasteiger partial charge in [-0.2, -0.15) is 0 Å². The zero-order valence-corrected chi connectivity index (χ0v) is 10.1. The highest BCUT2D eigenvalue weighted by Gasteiger charge is 2.02. The second kappa shape index (κ2) is 6.57. The molecule has 0 aliphatic heterocycles. The molecule has 1 rings (SSSR count). The molecule has 2 heteroatoms. The fourth-order valence-electron chi connectivity index (χ4n) is 1.66. The molecule has 0 spiro atoms. The first-order valence-electron chi connectivity index (χ1n) is 5.84. The fourth-order valence-corrected chi connectivity index (χ4v) is 1.66. The van der Waals surface area contributed by atoms with Crippen molar-refractivity contribution in [2.75, 3.05) is 13.6 Å². The number of rotatable bonds is 6. The van der Waals surface area contributed by atoms with Gasteiger partial charge in [-0.3, -0.25) is 4.98 Å². The van der Waals surface area contributed by atoms with Gasteiger partial charge in [0.2, 0.25) is 0 Å². The number of pyridine rings is 1. The normalized spacial score (nSPS) is 12.7. The topological polar surface area (TPSA) is 24.9 Å². The molecule has 84 valence electrons. The van der Waals surface area contributed by atoms with Crippen molar-refractivity contribution in [1.82, 2.24) is 10.3 Å². The molecule has 0 amide bonds. The monoisotopic (exact) mass is 206 g/mol. The minimum Gasteiger partial charge on any atom is -0.319 e. The summed E-state index contributed by atoms with van der Waals surface area (Å²) >= 11 is 0. The van der Waals surface area contributed by atoms with Crippen molar-refractivity contribution >= 4 is 0 Å². The summed E-state index contributed by atoms with van der Waals surface area (Å²) in [5, 5.41) is 3.20. The molecule has 1 N–H and O–H groups in total. The largest absolute Gasteiger partial charge is 0.319 e. The van der Waals surface area contributed by atoms with Crippen LogP contribution in [0.25, 0.3) is 0 Å². The van der Waals surface area contributed by atoms with Crippen molar-refractivity contribution in [1.29, 1.82) is 0 Å². The van der Waals surface area contributed by atoms with Crippen LogP contribution in [0.5, 0.6) is 0 Å². The van der Waals surface area contributed by atoms with Crippen molar-refractivity contribution in [3.8, 4) is 0 Å². The molecule has 15 heavy (non-hydrogen) atoms. The molecule has 0 radical (unpaired) electrons. The molecule has 0 aliphatic carbocycles. The van der Waals surface area contributed by atoms with E-state index in [2.05, 4.69) is 36.3 Å². The molecule has 0 fully saturated rings. The van der Waals surface area contributed by atoms with Gasteiger partial charge in [-0.05, 0) is 50.4 Å². The minimum atomic E-state index is 0.725. The van der Waals surface area contributed by atoms with E-state index < -0.39 is 0 Å². The van der Waals surface area contributed by atoms with E-state index >= 15 is 0 Å². The average molecular weight is 206 g/mol. The molecule has 1 aromatic heterocycles. The summed E-state index contributed by atoms with van der Waals surface area (Å²) in [7, 11) is 2.00. The van der Waals surface area contributed by atoms with Gasteiger partial charge in [0.05, 0.1) is 0 Å². The third-order valence-corrected chi connectivity index (χ3v) is 2.74. The summed E-state index contributed by atoms with van der Waals surface area (Å²) in [6.07, 6.45) is 5.37. The van der Waals surface area contributed by atoms with E-state index in [-0.39, 0.29) is 0 Å². The van der Waals surface area contributed by atoms with Gasteiger partial charge in [0.1, 0.15) is 0 Å². The van der Waals surface area contributed by atoms with Gasteiger partial charge in [-0.1, -0.05) is 19.9 Å². The Bertz CT molecular complexity index is 266. The van der Waals surface area contributed by atoms with Gasteiger partial charge in [0.25, 0.3) is 0 Å². The highest BCUT2D eigenvalue weighted by Crippen LogP contribution is 2.08. The Morgan fingerprint density at radius 1 is 1.40 bits per heavy atom. The molecule has 0 aliphatic rings. The van der Waals surface area contributed by atoms with Crippen molar-refractivity contribution in [2.45, 2.75) is 33.1 Å². The van der Waals surface area contributed by atoms with Crippen LogP contribution in [0.4, 0.5) is 0 Å². The molecule has 0 saturated heterocycles.